The van der Waals surface area contributed by atoms with Gasteiger partial charge >= 0.3 is 12.0 Å². The van der Waals surface area contributed by atoms with E-state index in [4.69, 9.17) is 5.11 Å². The van der Waals surface area contributed by atoms with Crippen LogP contribution in [0.3, 0.4) is 0 Å². The molecule has 2 aromatic rings. The van der Waals surface area contributed by atoms with Crippen molar-refractivity contribution in [3.8, 4) is 0 Å². The van der Waals surface area contributed by atoms with E-state index in [1.54, 1.807) is 34.0 Å². The number of benzene rings is 1. The van der Waals surface area contributed by atoms with Crippen molar-refractivity contribution in [1.82, 2.24) is 20.4 Å². The molecule has 2 heterocycles. The van der Waals surface area contributed by atoms with Crippen LogP contribution in [0.4, 0.5) is 10.6 Å². The van der Waals surface area contributed by atoms with Crippen LogP contribution in [-0.2, 0) is 17.9 Å². The molecule has 0 aliphatic carbocycles. The lowest BCUT2D eigenvalue weighted by molar-refractivity contribution is -0.121. The predicted octanol–water partition coefficient (Wildman–Crippen LogP) is 1.60. The Labute approximate surface area is 162 Å². The Morgan fingerprint density at radius 3 is 2.68 bits per heavy atom. The number of nitrogens with one attached hydrogen (secondary N) is 2. The van der Waals surface area contributed by atoms with Crippen LogP contribution in [0.5, 0.6) is 0 Å². The molecule has 0 spiro atoms. The van der Waals surface area contributed by atoms with Gasteiger partial charge in [0, 0.05) is 25.7 Å². The number of anilines is 1. The first-order valence-corrected chi connectivity index (χ1v) is 9.19. The number of aromatic carboxylic acids is 1. The first kappa shape index (κ1) is 19.4. The third-order valence-electron chi connectivity index (χ3n) is 4.67. The summed E-state index contributed by atoms with van der Waals surface area (Å²) >= 11 is 0. The minimum Gasteiger partial charge on any atom is -0.478 e. The summed E-state index contributed by atoms with van der Waals surface area (Å²) in [5.74, 6) is -0.414. The number of hydrogen-bond donors (Lipinski definition) is 3. The van der Waals surface area contributed by atoms with Crippen LogP contribution in [0.15, 0.2) is 36.5 Å². The molecule has 1 fully saturated rings. The number of urea groups is 1. The number of carbonyl (C=O) groups is 3. The summed E-state index contributed by atoms with van der Waals surface area (Å²) in [7, 11) is 0. The fourth-order valence-corrected chi connectivity index (χ4v) is 3.19. The van der Waals surface area contributed by atoms with E-state index in [1.807, 2.05) is 6.92 Å². The van der Waals surface area contributed by atoms with E-state index < -0.39 is 18.0 Å². The van der Waals surface area contributed by atoms with Crippen LogP contribution in [0.2, 0.25) is 0 Å². The Balaban J connectivity index is 1.56. The third kappa shape index (κ3) is 4.30. The lowest BCUT2D eigenvalue weighted by Crippen LogP contribution is -2.54. The number of carboxylic acids is 1. The van der Waals surface area contributed by atoms with Gasteiger partial charge in [-0.25, -0.2) is 14.3 Å². The average molecular weight is 385 g/mol. The number of hydrogen-bond acceptors (Lipinski definition) is 4. The summed E-state index contributed by atoms with van der Waals surface area (Å²) in [6.45, 7) is 3.45. The van der Waals surface area contributed by atoms with E-state index >= 15 is 0 Å². The van der Waals surface area contributed by atoms with Crippen LogP contribution in [0.1, 0.15) is 35.7 Å². The molecule has 148 valence electrons. The van der Waals surface area contributed by atoms with E-state index in [0.717, 1.165) is 17.8 Å². The molecular formula is C19H23N5O4. The number of nitrogens with zero attached hydrogens (tertiary/aromatic N) is 3. The van der Waals surface area contributed by atoms with Crippen molar-refractivity contribution in [3.63, 3.8) is 0 Å². The second-order valence-corrected chi connectivity index (χ2v) is 6.52. The highest BCUT2D eigenvalue weighted by Crippen LogP contribution is 2.20. The Morgan fingerprint density at radius 1 is 1.25 bits per heavy atom. The van der Waals surface area contributed by atoms with Gasteiger partial charge in [0.05, 0.1) is 11.8 Å². The Hall–Kier alpha value is -3.36. The molecule has 1 unspecified atom stereocenters. The molecule has 0 bridgehead atoms. The SMILES string of the molecule is CCn1nccc1N1CCCC(NC(=O)NCc2ccc(C(=O)O)cc2)C1=O. The highest BCUT2D eigenvalue weighted by molar-refractivity contribution is 5.99. The van der Waals surface area contributed by atoms with Gasteiger partial charge in [-0.1, -0.05) is 12.1 Å². The normalized spacial score (nSPS) is 16.7. The standard InChI is InChI=1S/C19H23N5O4/c1-2-24-16(9-10-21-24)23-11-3-4-15(17(23)25)22-19(28)20-12-13-5-7-14(8-6-13)18(26)27/h5-10,15H,2-4,11-12H2,1H3,(H,26,27)(H2,20,22,28). The topological polar surface area (TPSA) is 117 Å². The molecule has 0 saturated carbocycles. The largest absolute Gasteiger partial charge is 0.478 e. The summed E-state index contributed by atoms with van der Waals surface area (Å²) in [4.78, 5) is 37.5. The maximum atomic E-state index is 12.8. The van der Waals surface area contributed by atoms with Crippen molar-refractivity contribution >= 4 is 23.7 Å². The number of piperidine rings is 1. The molecule has 0 radical (unpaired) electrons. The lowest BCUT2D eigenvalue weighted by atomic mass is 10.0. The van der Waals surface area contributed by atoms with E-state index in [-0.39, 0.29) is 18.0 Å². The first-order valence-electron chi connectivity index (χ1n) is 9.19. The van der Waals surface area contributed by atoms with Crippen molar-refractivity contribution in [2.24, 2.45) is 0 Å². The summed E-state index contributed by atoms with van der Waals surface area (Å²) in [5, 5.41) is 18.5. The Bertz CT molecular complexity index is 861. The van der Waals surface area contributed by atoms with Crippen LogP contribution in [0.25, 0.3) is 0 Å². The van der Waals surface area contributed by atoms with E-state index in [2.05, 4.69) is 15.7 Å². The molecule has 1 saturated heterocycles. The number of carboxylic acid groups (broad SMARTS) is 1. The maximum absolute atomic E-state index is 12.8. The Kier molecular flexibility index (Phi) is 5.93. The Morgan fingerprint density at radius 2 is 2.00 bits per heavy atom. The second kappa shape index (κ2) is 8.55. The quantitative estimate of drug-likeness (QED) is 0.698. The van der Waals surface area contributed by atoms with Gasteiger partial charge in [0.1, 0.15) is 11.9 Å². The van der Waals surface area contributed by atoms with Crippen LogP contribution in [0, 0.1) is 0 Å². The minimum absolute atomic E-state index is 0.151. The second-order valence-electron chi connectivity index (χ2n) is 6.52. The highest BCUT2D eigenvalue weighted by Gasteiger charge is 2.32. The molecule has 3 N–H and O–H groups in total. The van der Waals surface area contributed by atoms with Gasteiger partial charge in [0.25, 0.3) is 5.91 Å². The fourth-order valence-electron chi connectivity index (χ4n) is 3.19. The number of aryl methyl sites for hydroxylation is 1. The fraction of sp³-hybridized carbons (Fsp3) is 0.368. The molecule has 1 aromatic heterocycles. The van der Waals surface area contributed by atoms with Crippen LogP contribution >= 0.6 is 0 Å². The number of aromatic nitrogens is 2. The number of amides is 3. The molecule has 9 heteroatoms. The highest BCUT2D eigenvalue weighted by atomic mass is 16.4. The zero-order valence-electron chi connectivity index (χ0n) is 15.6. The summed E-state index contributed by atoms with van der Waals surface area (Å²) in [6.07, 6.45) is 3.02. The maximum Gasteiger partial charge on any atom is 0.335 e. The van der Waals surface area contributed by atoms with Gasteiger partial charge in [0.2, 0.25) is 0 Å². The first-order chi connectivity index (χ1) is 13.5. The van der Waals surface area contributed by atoms with Crippen molar-refractivity contribution in [1.29, 1.82) is 0 Å². The zero-order valence-corrected chi connectivity index (χ0v) is 15.6. The van der Waals surface area contributed by atoms with Gasteiger partial charge < -0.3 is 15.7 Å². The van der Waals surface area contributed by atoms with Gasteiger partial charge in [0.15, 0.2) is 0 Å². The molecule has 3 rings (SSSR count). The lowest BCUT2D eigenvalue weighted by Gasteiger charge is -2.32. The van der Waals surface area contributed by atoms with Gasteiger partial charge in [-0.15, -0.1) is 0 Å². The monoisotopic (exact) mass is 385 g/mol. The van der Waals surface area contributed by atoms with E-state index in [9.17, 15) is 14.4 Å². The summed E-state index contributed by atoms with van der Waals surface area (Å²) in [6, 6.07) is 7.01. The zero-order chi connectivity index (χ0) is 20.1. The minimum atomic E-state index is -0.998. The van der Waals surface area contributed by atoms with Crippen LogP contribution in [-0.4, -0.2) is 45.4 Å². The molecule has 1 aliphatic rings. The van der Waals surface area contributed by atoms with Crippen molar-refractivity contribution in [2.75, 3.05) is 11.4 Å². The van der Waals surface area contributed by atoms with Crippen molar-refractivity contribution in [3.05, 3.63) is 47.7 Å². The predicted molar refractivity (Wildman–Crippen MR) is 102 cm³/mol. The van der Waals surface area contributed by atoms with Crippen molar-refractivity contribution in [2.45, 2.75) is 38.9 Å². The smallest absolute Gasteiger partial charge is 0.335 e. The van der Waals surface area contributed by atoms with Crippen LogP contribution < -0.4 is 15.5 Å². The van der Waals surface area contributed by atoms with Gasteiger partial charge in [-0.05, 0) is 37.5 Å². The van der Waals surface area contributed by atoms with E-state index in [0.29, 0.717) is 19.5 Å². The van der Waals surface area contributed by atoms with E-state index in [1.165, 1.54) is 12.1 Å². The third-order valence-corrected chi connectivity index (χ3v) is 4.67. The molecule has 1 aromatic carbocycles. The molecular weight excluding hydrogens is 362 g/mol. The summed E-state index contributed by atoms with van der Waals surface area (Å²) in [5.41, 5.74) is 0.955. The number of rotatable bonds is 6. The van der Waals surface area contributed by atoms with Crippen molar-refractivity contribution < 1.29 is 19.5 Å². The average Bonchev–Trinajstić information content (AvgIpc) is 3.17. The number of carbonyl (C=O) groups excluding carboxylic acids is 2. The molecule has 1 atom stereocenters. The summed E-state index contributed by atoms with van der Waals surface area (Å²) < 4.78 is 1.75. The molecule has 28 heavy (non-hydrogen) atoms. The van der Waals surface area contributed by atoms with Gasteiger partial charge in [-0.3, -0.25) is 9.69 Å². The van der Waals surface area contributed by atoms with Gasteiger partial charge in [-0.2, -0.15) is 5.10 Å². The molecule has 9 nitrogen and oxygen atoms in total. The molecule has 1 aliphatic heterocycles. The molecule has 3 amide bonds.